The predicted octanol–water partition coefficient (Wildman–Crippen LogP) is 3.62. The summed E-state index contributed by atoms with van der Waals surface area (Å²) in [6, 6.07) is 15.3. The number of benzene rings is 1. The van der Waals surface area contributed by atoms with Gasteiger partial charge in [0.05, 0.1) is 36.7 Å². The van der Waals surface area contributed by atoms with Crippen LogP contribution in [-0.4, -0.2) is 92.7 Å². The number of carbonyl (C=O) groups excluding carboxylic acids is 1. The topological polar surface area (TPSA) is 111 Å². The molecule has 2 aliphatic heterocycles. The number of likely N-dealkylation sites (N-methyl/N-ethyl adjacent to an activating group) is 1. The third-order valence-corrected chi connectivity index (χ3v) is 9.34. The van der Waals surface area contributed by atoms with E-state index in [9.17, 15) is 10.1 Å². The van der Waals surface area contributed by atoms with Gasteiger partial charge in [0.25, 0.3) is 0 Å². The number of piperidine rings is 1. The number of nitrogens with one attached hydrogen (secondary N) is 1. The summed E-state index contributed by atoms with van der Waals surface area (Å²) in [5, 5.41) is 22.1. The van der Waals surface area contributed by atoms with Gasteiger partial charge < -0.3 is 15.1 Å². The van der Waals surface area contributed by atoms with Crippen LogP contribution in [0.2, 0.25) is 0 Å². The normalized spacial score (nSPS) is 17.5. The molecule has 1 aromatic carbocycles. The van der Waals surface area contributed by atoms with E-state index < -0.39 is 0 Å². The summed E-state index contributed by atoms with van der Waals surface area (Å²) in [5.41, 5.74) is 3.77. The van der Waals surface area contributed by atoms with E-state index in [-0.39, 0.29) is 11.3 Å². The molecule has 0 saturated carbocycles. The lowest BCUT2D eigenvalue weighted by atomic mass is 9.71. The van der Waals surface area contributed by atoms with E-state index in [0.717, 1.165) is 62.6 Å². The van der Waals surface area contributed by atoms with Gasteiger partial charge >= 0.3 is 0 Å². The highest BCUT2D eigenvalue weighted by Gasteiger charge is 2.37. The summed E-state index contributed by atoms with van der Waals surface area (Å²) in [6.07, 6.45) is 10.0. The molecule has 2 saturated heterocycles. The SMILES string of the molecule is CSc1ccc(C2(CC#N)CCN(c3cccn4nc(Nc5cnn(CCN6CCN(C)C(=O)C6)c5)nc34)CC2)cc1. The molecule has 218 valence electrons. The molecule has 0 spiro atoms. The molecule has 11 nitrogen and oxygen atoms in total. The molecule has 1 N–H and O–H groups in total. The first kappa shape index (κ1) is 28.1. The maximum atomic E-state index is 12.0. The summed E-state index contributed by atoms with van der Waals surface area (Å²) in [7, 11) is 1.85. The van der Waals surface area contributed by atoms with Crippen LogP contribution in [0.4, 0.5) is 17.3 Å². The minimum Gasteiger partial charge on any atom is -0.368 e. The van der Waals surface area contributed by atoms with E-state index in [4.69, 9.17) is 4.98 Å². The maximum Gasteiger partial charge on any atom is 0.247 e. The van der Waals surface area contributed by atoms with Crippen molar-refractivity contribution in [3.63, 3.8) is 0 Å². The summed E-state index contributed by atoms with van der Waals surface area (Å²) in [5.74, 6) is 0.671. The zero-order chi connectivity index (χ0) is 29.1. The fourth-order valence-electron chi connectivity index (χ4n) is 5.95. The van der Waals surface area contributed by atoms with Gasteiger partial charge in [0.15, 0.2) is 5.65 Å². The van der Waals surface area contributed by atoms with Crippen LogP contribution < -0.4 is 10.2 Å². The molecule has 5 heterocycles. The first-order valence-corrected chi connectivity index (χ1v) is 15.6. The number of carbonyl (C=O) groups is 1. The highest BCUT2D eigenvalue weighted by Crippen LogP contribution is 2.40. The second-order valence-electron chi connectivity index (χ2n) is 11.1. The van der Waals surface area contributed by atoms with Crippen LogP contribution in [0.1, 0.15) is 24.8 Å². The molecule has 0 radical (unpaired) electrons. The van der Waals surface area contributed by atoms with Crippen molar-refractivity contribution >= 4 is 40.6 Å². The molecule has 1 amide bonds. The van der Waals surface area contributed by atoms with Crippen LogP contribution in [0.25, 0.3) is 5.65 Å². The van der Waals surface area contributed by atoms with Gasteiger partial charge in [-0.25, -0.2) is 4.52 Å². The fourth-order valence-corrected chi connectivity index (χ4v) is 6.36. The van der Waals surface area contributed by atoms with Crippen LogP contribution in [0.5, 0.6) is 0 Å². The number of anilines is 3. The van der Waals surface area contributed by atoms with E-state index in [2.05, 4.69) is 68.0 Å². The van der Waals surface area contributed by atoms with E-state index in [1.54, 1.807) is 22.9 Å². The fraction of sp³-hybridized carbons (Fsp3) is 0.433. The number of piperazine rings is 1. The number of thioether (sulfide) groups is 1. The highest BCUT2D eigenvalue weighted by atomic mass is 32.2. The average Bonchev–Trinajstić information content (AvgIpc) is 3.64. The van der Waals surface area contributed by atoms with Crippen molar-refractivity contribution in [3.8, 4) is 6.07 Å². The third-order valence-electron chi connectivity index (χ3n) is 8.59. The van der Waals surface area contributed by atoms with Gasteiger partial charge in [-0.15, -0.1) is 16.9 Å². The number of fused-ring (bicyclic) bond motifs is 1. The number of nitriles is 1. The molecule has 0 bridgehead atoms. The standard InChI is InChI=1S/C30H36N10OS/c1-36-16-17-37(22-27(36)41)18-19-39-21-24(20-32-39)33-29-34-28-26(4-3-13-40(28)35-29)38-14-10-30(9-12-31,11-15-38)23-5-7-25(42-2)8-6-23/h3-8,13,20-21H,9-11,14-19,22H2,1-2H3,(H,33,35). The number of hydrogen-bond acceptors (Lipinski definition) is 9. The van der Waals surface area contributed by atoms with Crippen LogP contribution in [0.15, 0.2) is 59.9 Å². The van der Waals surface area contributed by atoms with Crippen LogP contribution in [0, 0.1) is 11.3 Å². The molecule has 2 fully saturated rings. The third kappa shape index (κ3) is 5.80. The van der Waals surface area contributed by atoms with Crippen molar-refractivity contribution in [1.82, 2.24) is 34.2 Å². The second-order valence-corrected chi connectivity index (χ2v) is 12.0. The Balaban J connectivity index is 1.11. The van der Waals surface area contributed by atoms with Crippen molar-refractivity contribution < 1.29 is 4.79 Å². The first-order chi connectivity index (χ1) is 20.5. The molecule has 0 atom stereocenters. The maximum absolute atomic E-state index is 12.0. The number of hydrogen-bond donors (Lipinski definition) is 1. The lowest BCUT2D eigenvalue weighted by molar-refractivity contribution is -0.134. The second kappa shape index (κ2) is 12.0. The molecule has 0 unspecified atom stereocenters. The predicted molar refractivity (Wildman–Crippen MR) is 164 cm³/mol. The molecule has 6 rings (SSSR count). The lowest BCUT2D eigenvalue weighted by Crippen LogP contribution is -2.49. The Morgan fingerprint density at radius 2 is 1.90 bits per heavy atom. The molecular weight excluding hydrogens is 548 g/mol. The average molecular weight is 585 g/mol. The van der Waals surface area contributed by atoms with Gasteiger partial charge in [0, 0.05) is 68.9 Å². The Bertz CT molecular complexity index is 1580. The summed E-state index contributed by atoms with van der Waals surface area (Å²) >= 11 is 1.73. The summed E-state index contributed by atoms with van der Waals surface area (Å²) < 4.78 is 3.69. The Hall–Kier alpha value is -4.08. The first-order valence-electron chi connectivity index (χ1n) is 14.3. The molecular formula is C30H36N10OS. The zero-order valence-electron chi connectivity index (χ0n) is 24.1. The Labute approximate surface area is 250 Å². The summed E-state index contributed by atoms with van der Waals surface area (Å²) in [4.78, 5) is 24.3. The van der Waals surface area contributed by atoms with E-state index in [1.807, 2.05) is 34.7 Å². The van der Waals surface area contributed by atoms with Crippen molar-refractivity contribution in [2.45, 2.75) is 36.1 Å². The van der Waals surface area contributed by atoms with Crippen molar-refractivity contribution in [2.75, 3.05) is 62.8 Å². The van der Waals surface area contributed by atoms with Crippen LogP contribution >= 0.6 is 11.8 Å². The van der Waals surface area contributed by atoms with Crippen molar-refractivity contribution in [3.05, 3.63) is 60.6 Å². The molecule has 4 aromatic rings. The molecule has 3 aromatic heterocycles. The van der Waals surface area contributed by atoms with Crippen LogP contribution in [-0.2, 0) is 16.8 Å². The minimum atomic E-state index is -0.131. The highest BCUT2D eigenvalue weighted by molar-refractivity contribution is 7.98. The number of nitrogens with zero attached hydrogens (tertiary/aromatic N) is 9. The van der Waals surface area contributed by atoms with E-state index in [0.29, 0.717) is 25.5 Å². The monoisotopic (exact) mass is 584 g/mol. The van der Waals surface area contributed by atoms with E-state index in [1.165, 1.54) is 10.5 Å². The van der Waals surface area contributed by atoms with Gasteiger partial charge in [0.1, 0.15) is 0 Å². The van der Waals surface area contributed by atoms with Crippen LogP contribution in [0.3, 0.4) is 0 Å². The molecule has 0 aliphatic carbocycles. The smallest absolute Gasteiger partial charge is 0.247 e. The minimum absolute atomic E-state index is 0.131. The Morgan fingerprint density at radius 3 is 2.64 bits per heavy atom. The largest absolute Gasteiger partial charge is 0.368 e. The number of aromatic nitrogens is 5. The summed E-state index contributed by atoms with van der Waals surface area (Å²) in [6.45, 7) is 5.24. The van der Waals surface area contributed by atoms with Gasteiger partial charge in [0.2, 0.25) is 11.9 Å². The number of amides is 1. The Morgan fingerprint density at radius 1 is 1.10 bits per heavy atom. The quantitative estimate of drug-likeness (QED) is 0.295. The zero-order valence-corrected chi connectivity index (χ0v) is 24.9. The van der Waals surface area contributed by atoms with Crippen molar-refractivity contribution in [1.29, 1.82) is 5.26 Å². The van der Waals surface area contributed by atoms with Gasteiger partial charge in [-0.1, -0.05) is 12.1 Å². The molecule has 12 heteroatoms. The van der Waals surface area contributed by atoms with Crippen molar-refractivity contribution in [2.24, 2.45) is 0 Å². The Kier molecular flexibility index (Phi) is 8.04. The number of rotatable bonds is 9. The van der Waals surface area contributed by atoms with Gasteiger partial charge in [-0.3, -0.25) is 14.4 Å². The van der Waals surface area contributed by atoms with Gasteiger partial charge in [-0.2, -0.15) is 15.3 Å². The molecule has 2 aliphatic rings. The molecule has 42 heavy (non-hydrogen) atoms. The van der Waals surface area contributed by atoms with Gasteiger partial charge in [-0.05, 0) is 48.9 Å². The lowest BCUT2D eigenvalue weighted by Gasteiger charge is -2.42. The van der Waals surface area contributed by atoms with E-state index >= 15 is 0 Å². The number of pyridine rings is 1.